The van der Waals surface area contributed by atoms with Crippen LogP contribution in [-0.2, 0) is 6.42 Å². The van der Waals surface area contributed by atoms with Crippen LogP contribution >= 0.6 is 0 Å². The molecule has 0 saturated heterocycles. The first-order valence-electron chi connectivity index (χ1n) is 5.48. The van der Waals surface area contributed by atoms with Crippen molar-refractivity contribution in [3.8, 4) is 0 Å². The molecule has 1 aromatic rings. The third-order valence-corrected chi connectivity index (χ3v) is 3.04. The Morgan fingerprint density at radius 2 is 1.00 bits per heavy atom. The first-order valence-corrected chi connectivity index (χ1v) is 5.48. The molecule has 1 aromatic carbocycles. The SMILES string of the molecule is Cc1ccc(CC(C(F)(F)F)(C(F)(F)F)C(F)(F)F)cc1. The maximum atomic E-state index is 12.7. The Balaban J connectivity index is 3.47. The van der Waals surface area contributed by atoms with E-state index < -0.39 is 35.9 Å². The van der Waals surface area contributed by atoms with Gasteiger partial charge in [-0.05, 0) is 12.5 Å². The molecule has 0 bridgehead atoms. The Morgan fingerprint density at radius 1 is 0.667 bits per heavy atom. The van der Waals surface area contributed by atoms with Gasteiger partial charge in [0.25, 0.3) is 5.41 Å². The summed E-state index contributed by atoms with van der Waals surface area (Å²) in [6.07, 6.45) is -21.8. The summed E-state index contributed by atoms with van der Waals surface area (Å²) in [6, 6.07) is 3.91. The van der Waals surface area contributed by atoms with E-state index in [2.05, 4.69) is 0 Å². The average molecular weight is 324 g/mol. The van der Waals surface area contributed by atoms with Crippen LogP contribution in [0, 0.1) is 12.3 Å². The van der Waals surface area contributed by atoms with E-state index in [0.29, 0.717) is 5.56 Å². The summed E-state index contributed by atoms with van der Waals surface area (Å²) in [6.45, 7) is 1.49. The molecular weight excluding hydrogens is 315 g/mol. The average Bonchev–Trinajstić information content (AvgIpc) is 2.22. The highest BCUT2D eigenvalue weighted by Crippen LogP contribution is 2.60. The minimum atomic E-state index is -6.52. The Bertz CT molecular complexity index is 439. The predicted octanol–water partition coefficient (Wildman–Crippen LogP) is 5.21. The van der Waals surface area contributed by atoms with Crippen molar-refractivity contribution in [1.82, 2.24) is 0 Å². The van der Waals surface area contributed by atoms with E-state index in [1.54, 1.807) is 0 Å². The predicted molar refractivity (Wildman–Crippen MR) is 55.5 cm³/mol. The van der Waals surface area contributed by atoms with E-state index in [1.807, 2.05) is 0 Å². The first kappa shape index (κ1) is 17.6. The zero-order valence-corrected chi connectivity index (χ0v) is 10.4. The summed E-state index contributed by atoms with van der Waals surface area (Å²) in [4.78, 5) is 0. The second-order valence-electron chi connectivity index (χ2n) is 4.56. The third kappa shape index (κ3) is 3.11. The monoisotopic (exact) mass is 324 g/mol. The highest BCUT2D eigenvalue weighted by Gasteiger charge is 2.83. The molecule has 0 aliphatic carbocycles. The van der Waals surface area contributed by atoms with E-state index >= 15 is 0 Å². The molecule has 0 nitrogen and oxygen atoms in total. The Morgan fingerprint density at radius 3 is 1.29 bits per heavy atom. The van der Waals surface area contributed by atoms with E-state index in [1.165, 1.54) is 6.92 Å². The summed E-state index contributed by atoms with van der Waals surface area (Å²) >= 11 is 0. The molecule has 0 heterocycles. The minimum Gasteiger partial charge on any atom is -0.170 e. The third-order valence-electron chi connectivity index (χ3n) is 3.04. The van der Waals surface area contributed by atoms with Crippen molar-refractivity contribution in [3.05, 3.63) is 35.4 Å². The van der Waals surface area contributed by atoms with E-state index in [0.717, 1.165) is 24.3 Å². The Labute approximate surface area is 113 Å². The van der Waals surface area contributed by atoms with E-state index in [9.17, 15) is 39.5 Å². The van der Waals surface area contributed by atoms with Crippen molar-refractivity contribution < 1.29 is 39.5 Å². The van der Waals surface area contributed by atoms with Gasteiger partial charge < -0.3 is 0 Å². The summed E-state index contributed by atoms with van der Waals surface area (Å²) in [7, 11) is 0. The van der Waals surface area contributed by atoms with Gasteiger partial charge in [0.1, 0.15) is 0 Å². The lowest BCUT2D eigenvalue weighted by Crippen LogP contribution is -2.60. The fourth-order valence-electron chi connectivity index (χ4n) is 1.79. The largest absolute Gasteiger partial charge is 0.412 e. The highest BCUT2D eigenvalue weighted by atomic mass is 19.4. The van der Waals surface area contributed by atoms with Crippen LogP contribution in [0.15, 0.2) is 24.3 Å². The van der Waals surface area contributed by atoms with Crippen LogP contribution in [0.4, 0.5) is 39.5 Å². The lowest BCUT2D eigenvalue weighted by atomic mass is 9.79. The summed E-state index contributed by atoms with van der Waals surface area (Å²) < 4.78 is 114. The van der Waals surface area contributed by atoms with Crippen LogP contribution in [0.5, 0.6) is 0 Å². The van der Waals surface area contributed by atoms with Gasteiger partial charge in [0.05, 0.1) is 0 Å². The lowest BCUT2D eigenvalue weighted by Gasteiger charge is -2.38. The van der Waals surface area contributed by atoms with E-state index in [-0.39, 0.29) is 0 Å². The van der Waals surface area contributed by atoms with Gasteiger partial charge in [-0.25, -0.2) is 0 Å². The van der Waals surface area contributed by atoms with Crippen LogP contribution in [0.3, 0.4) is 0 Å². The normalized spacial score (nSPS) is 14.4. The van der Waals surface area contributed by atoms with Gasteiger partial charge in [0.15, 0.2) is 0 Å². The van der Waals surface area contributed by atoms with Gasteiger partial charge in [-0.15, -0.1) is 0 Å². The molecule has 0 aliphatic rings. The standard InChI is InChI=1S/C12H9F9/c1-7-2-4-8(5-3-7)6-9(10(13,14)15,11(16,17)18)12(19,20)21/h2-5H,6H2,1H3. The molecule has 0 aliphatic heterocycles. The number of benzene rings is 1. The van der Waals surface area contributed by atoms with E-state index in [4.69, 9.17) is 0 Å². The van der Waals surface area contributed by atoms with Crippen molar-refractivity contribution in [2.75, 3.05) is 0 Å². The van der Waals surface area contributed by atoms with Gasteiger partial charge in [0.2, 0.25) is 0 Å². The van der Waals surface area contributed by atoms with Crippen molar-refractivity contribution in [2.45, 2.75) is 31.9 Å². The number of hydrogen-bond acceptors (Lipinski definition) is 0. The molecule has 0 amide bonds. The van der Waals surface area contributed by atoms with Gasteiger partial charge in [-0.3, -0.25) is 0 Å². The number of hydrogen-bond donors (Lipinski definition) is 0. The molecule has 0 atom stereocenters. The molecule has 0 radical (unpaired) electrons. The van der Waals surface area contributed by atoms with Crippen molar-refractivity contribution in [3.63, 3.8) is 0 Å². The topological polar surface area (TPSA) is 0 Å². The van der Waals surface area contributed by atoms with Crippen molar-refractivity contribution >= 4 is 0 Å². The quantitative estimate of drug-likeness (QED) is 0.655. The Kier molecular flexibility index (Phi) is 4.28. The summed E-state index contributed by atoms with van der Waals surface area (Å²) in [5, 5.41) is 0. The summed E-state index contributed by atoms with van der Waals surface area (Å²) in [5.74, 6) is 0. The van der Waals surface area contributed by atoms with Crippen molar-refractivity contribution in [2.24, 2.45) is 5.41 Å². The second-order valence-corrected chi connectivity index (χ2v) is 4.56. The zero-order chi connectivity index (χ0) is 16.7. The fourth-order valence-corrected chi connectivity index (χ4v) is 1.79. The molecule has 0 N–H and O–H groups in total. The molecule has 1 rings (SSSR count). The van der Waals surface area contributed by atoms with Crippen LogP contribution in [-0.4, -0.2) is 18.5 Å². The fraction of sp³-hybridized carbons (Fsp3) is 0.500. The maximum Gasteiger partial charge on any atom is 0.412 e. The van der Waals surface area contributed by atoms with Crippen LogP contribution in [0.1, 0.15) is 11.1 Å². The van der Waals surface area contributed by atoms with Crippen LogP contribution in [0.2, 0.25) is 0 Å². The van der Waals surface area contributed by atoms with Crippen molar-refractivity contribution in [1.29, 1.82) is 0 Å². The molecule has 120 valence electrons. The van der Waals surface area contributed by atoms with Gasteiger partial charge in [-0.1, -0.05) is 29.8 Å². The highest BCUT2D eigenvalue weighted by molar-refractivity contribution is 5.24. The number of aryl methyl sites for hydroxylation is 1. The molecule has 0 spiro atoms. The Hall–Kier alpha value is -1.41. The molecule has 21 heavy (non-hydrogen) atoms. The second kappa shape index (κ2) is 5.10. The van der Waals surface area contributed by atoms with Crippen LogP contribution < -0.4 is 0 Å². The van der Waals surface area contributed by atoms with Crippen LogP contribution in [0.25, 0.3) is 0 Å². The zero-order valence-electron chi connectivity index (χ0n) is 10.4. The van der Waals surface area contributed by atoms with Gasteiger partial charge in [0, 0.05) is 6.42 Å². The smallest absolute Gasteiger partial charge is 0.170 e. The van der Waals surface area contributed by atoms with Gasteiger partial charge >= 0.3 is 18.5 Å². The molecule has 9 heteroatoms. The van der Waals surface area contributed by atoms with Gasteiger partial charge in [-0.2, -0.15) is 39.5 Å². The lowest BCUT2D eigenvalue weighted by molar-refractivity contribution is -0.426. The number of rotatable bonds is 2. The number of alkyl halides is 9. The first-order chi connectivity index (χ1) is 9.22. The molecule has 0 saturated carbocycles. The molecule has 0 aromatic heterocycles. The molecule has 0 fully saturated rings. The maximum absolute atomic E-state index is 12.7. The molecule has 0 unspecified atom stereocenters. The number of halogens is 9. The minimum absolute atomic E-state index is 0.496. The summed E-state index contributed by atoms with van der Waals surface area (Å²) in [5.41, 5.74) is -6.00. The molecular formula is C12H9F9.